The molecule has 0 aromatic heterocycles. The summed E-state index contributed by atoms with van der Waals surface area (Å²) in [6, 6.07) is 23.0. The van der Waals surface area contributed by atoms with E-state index in [1.807, 2.05) is 61.5 Å². The van der Waals surface area contributed by atoms with E-state index < -0.39 is 0 Å². The number of hydrogen-bond acceptors (Lipinski definition) is 3. The number of carbonyl (C=O) groups excluding carboxylic acids is 2. The molecule has 3 N–H and O–H groups in total. The Hall–Kier alpha value is -3.80. The smallest absolute Gasteiger partial charge is 0.323 e. The third-order valence-electron chi connectivity index (χ3n) is 6.47. The van der Waals surface area contributed by atoms with Crippen molar-refractivity contribution in [1.82, 2.24) is 5.32 Å². The van der Waals surface area contributed by atoms with Crippen LogP contribution in [-0.2, 0) is 6.42 Å². The Balaban J connectivity index is 1.47. The molecule has 6 nitrogen and oxygen atoms in total. The molecule has 3 aromatic rings. The molecule has 0 saturated carbocycles. The number of amides is 3. The fraction of sp³-hybridized carbons (Fsp3) is 0.310. The van der Waals surface area contributed by atoms with Gasteiger partial charge < -0.3 is 20.9 Å². The summed E-state index contributed by atoms with van der Waals surface area (Å²) in [5.74, 6) is 0.568. The minimum Gasteiger partial charge on any atom is -0.371 e. The maximum absolute atomic E-state index is 13.3. The van der Waals surface area contributed by atoms with Crippen LogP contribution in [0.15, 0.2) is 72.8 Å². The molecule has 0 bridgehead atoms. The lowest BCUT2D eigenvalue weighted by Crippen LogP contribution is -2.35. The van der Waals surface area contributed by atoms with E-state index >= 15 is 0 Å². The summed E-state index contributed by atoms with van der Waals surface area (Å²) < 4.78 is 0. The van der Waals surface area contributed by atoms with Gasteiger partial charge in [0.1, 0.15) is 0 Å². The zero-order valence-electron chi connectivity index (χ0n) is 20.5. The van der Waals surface area contributed by atoms with Gasteiger partial charge >= 0.3 is 6.03 Å². The quantitative estimate of drug-likeness (QED) is 0.406. The Morgan fingerprint density at radius 1 is 0.886 bits per heavy atom. The topological polar surface area (TPSA) is 73.5 Å². The van der Waals surface area contributed by atoms with E-state index in [0.717, 1.165) is 43.6 Å². The number of carbonyl (C=O) groups is 2. The molecule has 1 fully saturated rings. The molecule has 1 aliphatic rings. The van der Waals surface area contributed by atoms with Gasteiger partial charge in [0.2, 0.25) is 0 Å². The summed E-state index contributed by atoms with van der Waals surface area (Å²) in [6.45, 7) is 6.66. The molecule has 0 unspecified atom stereocenters. The largest absolute Gasteiger partial charge is 0.371 e. The Morgan fingerprint density at radius 2 is 1.54 bits per heavy atom. The van der Waals surface area contributed by atoms with Crippen molar-refractivity contribution in [3.63, 3.8) is 0 Å². The van der Waals surface area contributed by atoms with E-state index in [-0.39, 0.29) is 11.9 Å². The Bertz CT molecular complexity index is 1140. The second-order valence-corrected chi connectivity index (χ2v) is 9.34. The number of urea groups is 1. The van der Waals surface area contributed by atoms with Crippen LogP contribution < -0.4 is 20.9 Å². The number of anilines is 3. The molecule has 6 heteroatoms. The Kier molecular flexibility index (Phi) is 8.03. The standard InChI is InChI=1S/C29H34N4O2/c1-21-8-10-24(11-9-21)31-29(35)32-25-12-13-27(33-18-15-22(2)16-19-33)26(20-25)28(34)30-17-14-23-6-4-3-5-7-23/h3-13,20,22H,14-19H2,1-2H3,(H,30,34)(H2,31,32,35). The Labute approximate surface area is 207 Å². The van der Waals surface area contributed by atoms with Crippen LogP contribution >= 0.6 is 0 Å². The first-order valence-corrected chi connectivity index (χ1v) is 12.3. The lowest BCUT2D eigenvalue weighted by Gasteiger charge is -2.33. The van der Waals surface area contributed by atoms with Crippen LogP contribution in [0.2, 0.25) is 0 Å². The van der Waals surface area contributed by atoms with Crippen molar-refractivity contribution < 1.29 is 9.59 Å². The number of benzene rings is 3. The lowest BCUT2D eigenvalue weighted by atomic mass is 9.97. The van der Waals surface area contributed by atoms with Crippen molar-refractivity contribution in [2.45, 2.75) is 33.1 Å². The van der Waals surface area contributed by atoms with Crippen molar-refractivity contribution in [3.05, 3.63) is 89.5 Å². The minimum absolute atomic E-state index is 0.128. The zero-order chi connectivity index (χ0) is 24.6. The van der Waals surface area contributed by atoms with Crippen LogP contribution in [0.4, 0.5) is 21.9 Å². The van der Waals surface area contributed by atoms with E-state index in [0.29, 0.717) is 29.4 Å². The molecule has 35 heavy (non-hydrogen) atoms. The van der Waals surface area contributed by atoms with Crippen LogP contribution in [0.1, 0.15) is 41.3 Å². The summed E-state index contributed by atoms with van der Waals surface area (Å²) in [5, 5.41) is 8.78. The highest BCUT2D eigenvalue weighted by molar-refractivity contribution is 6.04. The van der Waals surface area contributed by atoms with E-state index in [1.165, 1.54) is 5.56 Å². The third-order valence-corrected chi connectivity index (χ3v) is 6.47. The monoisotopic (exact) mass is 470 g/mol. The Morgan fingerprint density at radius 3 is 2.26 bits per heavy atom. The maximum atomic E-state index is 13.3. The summed E-state index contributed by atoms with van der Waals surface area (Å²) in [7, 11) is 0. The number of nitrogens with zero attached hydrogens (tertiary/aromatic N) is 1. The predicted molar refractivity (Wildman–Crippen MR) is 143 cm³/mol. The SMILES string of the molecule is Cc1ccc(NC(=O)Nc2ccc(N3CCC(C)CC3)c(C(=O)NCCc3ccccc3)c2)cc1. The lowest BCUT2D eigenvalue weighted by molar-refractivity contribution is 0.0954. The van der Waals surface area contributed by atoms with Gasteiger partial charge in [0.25, 0.3) is 5.91 Å². The molecule has 0 radical (unpaired) electrons. The second kappa shape index (κ2) is 11.6. The first-order valence-electron chi connectivity index (χ1n) is 12.3. The van der Waals surface area contributed by atoms with E-state index in [9.17, 15) is 9.59 Å². The van der Waals surface area contributed by atoms with Gasteiger partial charge in [-0.3, -0.25) is 4.79 Å². The normalized spacial score (nSPS) is 13.8. The highest BCUT2D eigenvalue weighted by atomic mass is 16.2. The fourth-order valence-electron chi connectivity index (χ4n) is 4.31. The molecule has 3 amide bonds. The van der Waals surface area contributed by atoms with E-state index in [1.54, 1.807) is 6.07 Å². The van der Waals surface area contributed by atoms with Gasteiger partial charge in [0, 0.05) is 36.7 Å². The maximum Gasteiger partial charge on any atom is 0.323 e. The van der Waals surface area contributed by atoms with Crippen molar-refractivity contribution in [2.24, 2.45) is 5.92 Å². The van der Waals surface area contributed by atoms with Gasteiger partial charge in [-0.05, 0) is 68.0 Å². The van der Waals surface area contributed by atoms with E-state index in [2.05, 4.69) is 39.9 Å². The van der Waals surface area contributed by atoms with Crippen molar-refractivity contribution >= 4 is 29.0 Å². The molecular weight excluding hydrogens is 436 g/mol. The minimum atomic E-state index is -0.344. The highest BCUT2D eigenvalue weighted by Crippen LogP contribution is 2.29. The number of piperidine rings is 1. The van der Waals surface area contributed by atoms with Crippen LogP contribution in [-0.4, -0.2) is 31.6 Å². The van der Waals surface area contributed by atoms with Crippen molar-refractivity contribution in [2.75, 3.05) is 35.2 Å². The highest BCUT2D eigenvalue weighted by Gasteiger charge is 2.22. The third kappa shape index (κ3) is 6.85. The molecule has 1 heterocycles. The molecule has 3 aromatic carbocycles. The summed E-state index contributed by atoms with van der Waals surface area (Å²) in [4.78, 5) is 28.1. The number of hydrogen-bond donors (Lipinski definition) is 3. The molecule has 1 aliphatic heterocycles. The van der Waals surface area contributed by atoms with Gasteiger partial charge in [-0.15, -0.1) is 0 Å². The van der Waals surface area contributed by atoms with Crippen molar-refractivity contribution in [1.29, 1.82) is 0 Å². The average molecular weight is 471 g/mol. The first-order chi connectivity index (χ1) is 17.0. The van der Waals surface area contributed by atoms with Gasteiger partial charge in [0.15, 0.2) is 0 Å². The van der Waals surface area contributed by atoms with E-state index in [4.69, 9.17) is 0 Å². The second-order valence-electron chi connectivity index (χ2n) is 9.34. The van der Waals surface area contributed by atoms with Gasteiger partial charge in [0.05, 0.1) is 5.56 Å². The van der Waals surface area contributed by atoms with Crippen LogP contribution in [0.25, 0.3) is 0 Å². The summed E-state index contributed by atoms with van der Waals surface area (Å²) in [6.07, 6.45) is 2.97. The van der Waals surface area contributed by atoms with Gasteiger partial charge in [-0.2, -0.15) is 0 Å². The van der Waals surface area contributed by atoms with Crippen LogP contribution in [0.5, 0.6) is 0 Å². The molecule has 0 spiro atoms. The van der Waals surface area contributed by atoms with Crippen molar-refractivity contribution in [3.8, 4) is 0 Å². The molecule has 0 atom stereocenters. The van der Waals surface area contributed by atoms with Gasteiger partial charge in [-0.1, -0.05) is 55.0 Å². The molecule has 182 valence electrons. The summed E-state index contributed by atoms with van der Waals surface area (Å²) in [5.41, 5.74) is 5.10. The van der Waals surface area contributed by atoms with Crippen LogP contribution in [0.3, 0.4) is 0 Å². The fourth-order valence-corrected chi connectivity index (χ4v) is 4.31. The molecule has 1 saturated heterocycles. The van der Waals surface area contributed by atoms with Gasteiger partial charge in [-0.25, -0.2) is 4.79 Å². The first kappa shape index (κ1) is 24.3. The summed E-state index contributed by atoms with van der Waals surface area (Å²) >= 11 is 0. The van der Waals surface area contributed by atoms with Crippen LogP contribution in [0, 0.1) is 12.8 Å². The molecule has 4 rings (SSSR count). The number of rotatable bonds is 7. The number of nitrogens with one attached hydrogen (secondary N) is 3. The average Bonchev–Trinajstić information content (AvgIpc) is 2.86. The molecular formula is C29H34N4O2. The predicted octanol–water partition coefficient (Wildman–Crippen LogP) is 5.85. The number of aryl methyl sites for hydroxylation is 1. The zero-order valence-corrected chi connectivity index (χ0v) is 20.5. The molecule has 0 aliphatic carbocycles.